The predicted molar refractivity (Wildman–Crippen MR) is 81.6 cm³/mol. The molecule has 3 rings (SSSR count). The van der Waals surface area contributed by atoms with Crippen LogP contribution >= 0.6 is 22.9 Å². The van der Waals surface area contributed by atoms with Crippen molar-refractivity contribution in [3.63, 3.8) is 0 Å². The quantitative estimate of drug-likeness (QED) is 0.770. The third-order valence-corrected chi connectivity index (χ3v) is 4.68. The molecule has 0 atom stereocenters. The summed E-state index contributed by atoms with van der Waals surface area (Å²) in [5.74, 6) is 0.487. The van der Waals surface area contributed by atoms with Crippen LogP contribution in [0.1, 0.15) is 24.1 Å². The Balaban J connectivity index is 1.78. The van der Waals surface area contributed by atoms with Crippen LogP contribution in [0.15, 0.2) is 29.6 Å². The van der Waals surface area contributed by atoms with E-state index in [-0.39, 0.29) is 0 Å². The van der Waals surface area contributed by atoms with Gasteiger partial charge in [-0.2, -0.15) is 0 Å². The Morgan fingerprint density at radius 3 is 2.95 bits per heavy atom. The SMILES string of the molecule is CN(Cc1cccc(-c2nc(CCl)cs2)c1)C1CC1. The maximum atomic E-state index is 5.81. The second-order valence-electron chi connectivity index (χ2n) is 5.12. The van der Waals surface area contributed by atoms with Gasteiger partial charge >= 0.3 is 0 Å². The molecular formula is C15H17ClN2S. The summed E-state index contributed by atoms with van der Waals surface area (Å²) < 4.78 is 0. The topological polar surface area (TPSA) is 16.1 Å². The number of thiazole rings is 1. The van der Waals surface area contributed by atoms with Crippen LogP contribution in [-0.2, 0) is 12.4 Å². The first-order chi connectivity index (χ1) is 9.26. The smallest absolute Gasteiger partial charge is 0.123 e. The fourth-order valence-corrected chi connectivity index (χ4v) is 3.28. The van der Waals surface area contributed by atoms with E-state index in [1.165, 1.54) is 24.0 Å². The van der Waals surface area contributed by atoms with E-state index in [1.54, 1.807) is 11.3 Å². The first-order valence-corrected chi connectivity index (χ1v) is 7.97. The molecule has 0 unspecified atom stereocenters. The fraction of sp³-hybridized carbons (Fsp3) is 0.400. The van der Waals surface area contributed by atoms with Gasteiger partial charge in [-0.15, -0.1) is 22.9 Å². The highest BCUT2D eigenvalue weighted by molar-refractivity contribution is 7.13. The van der Waals surface area contributed by atoms with Gasteiger partial charge in [0.1, 0.15) is 5.01 Å². The van der Waals surface area contributed by atoms with Gasteiger partial charge in [0.05, 0.1) is 11.6 Å². The van der Waals surface area contributed by atoms with Crippen LogP contribution in [0.2, 0.25) is 0 Å². The van der Waals surface area contributed by atoms with Gasteiger partial charge in [0.15, 0.2) is 0 Å². The number of nitrogens with zero attached hydrogens (tertiary/aromatic N) is 2. The lowest BCUT2D eigenvalue weighted by molar-refractivity contribution is 0.316. The van der Waals surface area contributed by atoms with Crippen LogP contribution < -0.4 is 0 Å². The Bertz CT molecular complexity index is 563. The molecular weight excluding hydrogens is 276 g/mol. The summed E-state index contributed by atoms with van der Waals surface area (Å²) in [5, 5.41) is 3.09. The molecule has 1 heterocycles. The Morgan fingerprint density at radius 2 is 2.26 bits per heavy atom. The van der Waals surface area contributed by atoms with Crippen molar-refractivity contribution in [3.8, 4) is 10.6 Å². The fourth-order valence-electron chi connectivity index (χ4n) is 2.24. The van der Waals surface area contributed by atoms with E-state index < -0.39 is 0 Å². The van der Waals surface area contributed by atoms with Gasteiger partial charge < -0.3 is 0 Å². The van der Waals surface area contributed by atoms with Crippen molar-refractivity contribution < 1.29 is 0 Å². The molecule has 19 heavy (non-hydrogen) atoms. The van der Waals surface area contributed by atoms with E-state index >= 15 is 0 Å². The highest BCUT2D eigenvalue weighted by atomic mass is 35.5. The Labute approximate surface area is 123 Å². The minimum atomic E-state index is 0.487. The summed E-state index contributed by atoms with van der Waals surface area (Å²) in [4.78, 5) is 6.98. The number of aromatic nitrogens is 1. The average molecular weight is 293 g/mol. The molecule has 1 aliphatic rings. The molecule has 1 aliphatic carbocycles. The van der Waals surface area contributed by atoms with Crippen LogP contribution in [0.5, 0.6) is 0 Å². The molecule has 0 aliphatic heterocycles. The van der Waals surface area contributed by atoms with Crippen molar-refractivity contribution >= 4 is 22.9 Å². The third kappa shape index (κ3) is 3.16. The van der Waals surface area contributed by atoms with E-state index in [0.717, 1.165) is 23.3 Å². The Morgan fingerprint density at radius 1 is 1.42 bits per heavy atom. The monoisotopic (exact) mass is 292 g/mol. The molecule has 2 nitrogen and oxygen atoms in total. The minimum Gasteiger partial charge on any atom is -0.299 e. The predicted octanol–water partition coefficient (Wildman–Crippen LogP) is 4.14. The van der Waals surface area contributed by atoms with Crippen molar-refractivity contribution in [3.05, 3.63) is 40.9 Å². The van der Waals surface area contributed by atoms with Crippen molar-refractivity contribution in [2.75, 3.05) is 7.05 Å². The van der Waals surface area contributed by atoms with Gasteiger partial charge in [-0.3, -0.25) is 4.90 Å². The van der Waals surface area contributed by atoms with Crippen molar-refractivity contribution in [1.82, 2.24) is 9.88 Å². The maximum Gasteiger partial charge on any atom is 0.123 e. The Hall–Kier alpha value is -0.900. The number of hydrogen-bond acceptors (Lipinski definition) is 3. The van der Waals surface area contributed by atoms with Gasteiger partial charge in [-0.05, 0) is 31.5 Å². The van der Waals surface area contributed by atoms with Crippen LogP contribution in [0, 0.1) is 0 Å². The van der Waals surface area contributed by atoms with E-state index in [9.17, 15) is 0 Å². The van der Waals surface area contributed by atoms with Crippen LogP contribution in [0.25, 0.3) is 10.6 Å². The Kier molecular flexibility index (Phi) is 3.87. The number of benzene rings is 1. The van der Waals surface area contributed by atoms with Gasteiger partial charge in [-0.25, -0.2) is 4.98 Å². The third-order valence-electron chi connectivity index (χ3n) is 3.46. The summed E-state index contributed by atoms with van der Waals surface area (Å²) in [7, 11) is 2.21. The first-order valence-electron chi connectivity index (χ1n) is 6.56. The van der Waals surface area contributed by atoms with Crippen molar-refractivity contribution in [1.29, 1.82) is 0 Å². The van der Waals surface area contributed by atoms with Gasteiger partial charge in [0, 0.05) is 23.5 Å². The zero-order valence-electron chi connectivity index (χ0n) is 11.0. The van der Waals surface area contributed by atoms with Crippen LogP contribution in [0.4, 0.5) is 0 Å². The molecule has 0 spiro atoms. The number of halogens is 1. The van der Waals surface area contributed by atoms with Crippen LogP contribution in [0.3, 0.4) is 0 Å². The molecule has 1 aromatic carbocycles. The summed E-state index contributed by atoms with van der Waals surface area (Å²) in [5.41, 5.74) is 3.51. The summed E-state index contributed by atoms with van der Waals surface area (Å²) in [6, 6.07) is 9.48. The lowest BCUT2D eigenvalue weighted by Gasteiger charge is -2.15. The van der Waals surface area contributed by atoms with Gasteiger partial charge in [0.25, 0.3) is 0 Å². The average Bonchev–Trinajstić information content (AvgIpc) is 3.17. The minimum absolute atomic E-state index is 0.487. The summed E-state index contributed by atoms with van der Waals surface area (Å²) in [6.45, 7) is 1.02. The molecule has 1 saturated carbocycles. The molecule has 0 amide bonds. The molecule has 4 heteroatoms. The van der Waals surface area contributed by atoms with E-state index in [4.69, 9.17) is 11.6 Å². The van der Waals surface area contributed by atoms with E-state index in [1.807, 2.05) is 5.38 Å². The molecule has 0 N–H and O–H groups in total. The molecule has 1 aromatic heterocycles. The normalized spacial score (nSPS) is 15.1. The number of rotatable bonds is 5. The largest absolute Gasteiger partial charge is 0.299 e. The zero-order valence-corrected chi connectivity index (χ0v) is 12.5. The lowest BCUT2D eigenvalue weighted by Crippen LogP contribution is -2.19. The molecule has 0 radical (unpaired) electrons. The number of alkyl halides is 1. The second-order valence-corrected chi connectivity index (χ2v) is 6.25. The van der Waals surface area contributed by atoms with Crippen LogP contribution in [-0.4, -0.2) is 23.0 Å². The summed E-state index contributed by atoms with van der Waals surface area (Å²) >= 11 is 7.47. The molecule has 2 aromatic rings. The molecule has 1 fully saturated rings. The van der Waals surface area contributed by atoms with E-state index in [0.29, 0.717) is 5.88 Å². The molecule has 0 bridgehead atoms. The van der Waals surface area contributed by atoms with E-state index in [2.05, 4.69) is 41.2 Å². The molecule has 100 valence electrons. The lowest BCUT2D eigenvalue weighted by atomic mass is 10.1. The van der Waals surface area contributed by atoms with Crippen molar-refractivity contribution in [2.45, 2.75) is 31.3 Å². The molecule has 0 saturated heterocycles. The summed E-state index contributed by atoms with van der Waals surface area (Å²) in [6.07, 6.45) is 2.70. The van der Waals surface area contributed by atoms with Gasteiger partial charge in [-0.1, -0.05) is 18.2 Å². The first kappa shape index (κ1) is 13.1. The zero-order chi connectivity index (χ0) is 13.2. The number of hydrogen-bond donors (Lipinski definition) is 0. The standard InChI is InChI=1S/C15H17ClN2S/c1-18(14-5-6-14)9-11-3-2-4-12(7-11)15-17-13(8-16)10-19-15/h2-4,7,10,14H,5-6,8-9H2,1H3. The second kappa shape index (κ2) is 5.61. The highest BCUT2D eigenvalue weighted by Gasteiger charge is 2.25. The maximum absolute atomic E-state index is 5.81. The highest BCUT2D eigenvalue weighted by Crippen LogP contribution is 2.28. The van der Waals surface area contributed by atoms with Crippen molar-refractivity contribution in [2.24, 2.45) is 0 Å². The van der Waals surface area contributed by atoms with Gasteiger partial charge in [0.2, 0.25) is 0 Å².